The van der Waals surface area contributed by atoms with Crippen molar-refractivity contribution >= 4 is 5.97 Å². The molecule has 1 saturated heterocycles. The van der Waals surface area contributed by atoms with Gasteiger partial charge in [-0.2, -0.15) is 0 Å². The number of nitrogens with zero attached hydrogens (tertiary/aromatic N) is 2. The molecule has 0 aromatic heterocycles. The van der Waals surface area contributed by atoms with Crippen molar-refractivity contribution < 1.29 is 9.53 Å². The summed E-state index contributed by atoms with van der Waals surface area (Å²) in [5.41, 5.74) is -0.651. The number of hydrogen-bond donors (Lipinski definition) is 1. The van der Waals surface area contributed by atoms with Gasteiger partial charge in [-0.1, -0.05) is 0 Å². The summed E-state index contributed by atoms with van der Waals surface area (Å²) in [7, 11) is 5.70. The molecular weight excluding hydrogens is 254 g/mol. The highest BCUT2D eigenvalue weighted by Gasteiger charge is 2.36. The lowest BCUT2D eigenvalue weighted by Crippen LogP contribution is -2.59. The molecule has 0 spiro atoms. The van der Waals surface area contributed by atoms with Crippen molar-refractivity contribution in [1.29, 1.82) is 0 Å². The molecule has 1 rings (SSSR count). The summed E-state index contributed by atoms with van der Waals surface area (Å²) in [5, 5.41) is 3.34. The highest BCUT2D eigenvalue weighted by atomic mass is 16.5. The Hall–Kier alpha value is -0.650. The molecule has 1 heterocycles. The molecular formula is C15H31N3O2. The third kappa shape index (κ3) is 5.04. The van der Waals surface area contributed by atoms with Crippen LogP contribution in [0.25, 0.3) is 0 Å². The van der Waals surface area contributed by atoms with Crippen LogP contribution in [0.1, 0.15) is 27.2 Å². The highest BCUT2D eigenvalue weighted by Crippen LogP contribution is 2.17. The molecule has 0 amide bonds. The molecule has 5 nitrogen and oxygen atoms in total. The molecule has 0 aromatic rings. The van der Waals surface area contributed by atoms with Crippen molar-refractivity contribution in [2.45, 2.75) is 38.8 Å². The van der Waals surface area contributed by atoms with E-state index in [9.17, 15) is 4.79 Å². The van der Waals surface area contributed by atoms with Crippen LogP contribution in [0.15, 0.2) is 0 Å². The van der Waals surface area contributed by atoms with Gasteiger partial charge in [0.25, 0.3) is 0 Å². The first-order chi connectivity index (χ1) is 9.26. The normalized spacial score (nSPS) is 23.3. The Labute approximate surface area is 123 Å². The van der Waals surface area contributed by atoms with E-state index in [1.54, 1.807) is 0 Å². The van der Waals surface area contributed by atoms with Crippen LogP contribution in [0.2, 0.25) is 0 Å². The number of carbonyl (C=O) groups excluding carboxylic acids is 1. The molecule has 1 aliphatic rings. The lowest BCUT2D eigenvalue weighted by atomic mass is 9.99. The van der Waals surface area contributed by atoms with Gasteiger partial charge in [-0.15, -0.1) is 0 Å². The Bertz CT molecular complexity index is 322. The summed E-state index contributed by atoms with van der Waals surface area (Å²) >= 11 is 0. The lowest BCUT2D eigenvalue weighted by molar-refractivity contribution is -0.149. The Morgan fingerprint density at radius 3 is 2.65 bits per heavy atom. The average Bonchev–Trinajstić information content (AvgIpc) is 2.71. The molecule has 5 heteroatoms. The standard InChI is InChI=1S/C15H31N3O2/c1-12(2)16-15(3,14(19)20-6)11-18(5)10-13-7-8-17(4)9-13/h12-13,16H,7-11H2,1-6H3. The average molecular weight is 285 g/mol. The molecule has 20 heavy (non-hydrogen) atoms. The van der Waals surface area contributed by atoms with Crippen LogP contribution in [0.3, 0.4) is 0 Å². The van der Waals surface area contributed by atoms with Gasteiger partial charge < -0.3 is 14.5 Å². The number of likely N-dealkylation sites (tertiary alicyclic amines) is 1. The first-order valence-corrected chi connectivity index (χ1v) is 7.50. The molecule has 118 valence electrons. The van der Waals surface area contributed by atoms with Gasteiger partial charge in [-0.05, 0) is 53.8 Å². The molecule has 0 aliphatic carbocycles. The van der Waals surface area contributed by atoms with Gasteiger partial charge >= 0.3 is 5.97 Å². The quantitative estimate of drug-likeness (QED) is 0.701. The van der Waals surface area contributed by atoms with Crippen LogP contribution in [0, 0.1) is 5.92 Å². The summed E-state index contributed by atoms with van der Waals surface area (Å²) in [6, 6.07) is 0.241. The fourth-order valence-electron chi connectivity index (χ4n) is 3.25. The zero-order valence-corrected chi connectivity index (χ0v) is 13.9. The van der Waals surface area contributed by atoms with E-state index in [4.69, 9.17) is 4.74 Å². The van der Waals surface area contributed by atoms with E-state index >= 15 is 0 Å². The van der Waals surface area contributed by atoms with Crippen LogP contribution < -0.4 is 5.32 Å². The van der Waals surface area contributed by atoms with Gasteiger partial charge in [0.05, 0.1) is 7.11 Å². The second-order valence-electron chi connectivity index (χ2n) is 6.74. The third-order valence-corrected chi connectivity index (χ3v) is 3.89. The van der Waals surface area contributed by atoms with Crippen molar-refractivity contribution in [3.05, 3.63) is 0 Å². The number of nitrogens with one attached hydrogen (secondary N) is 1. The maximum atomic E-state index is 12.1. The Morgan fingerprint density at radius 2 is 2.20 bits per heavy atom. The maximum absolute atomic E-state index is 12.1. The van der Waals surface area contributed by atoms with Gasteiger partial charge in [0.15, 0.2) is 0 Å². The second kappa shape index (κ2) is 7.38. The van der Waals surface area contributed by atoms with E-state index in [0.717, 1.165) is 13.1 Å². The fraction of sp³-hybridized carbons (Fsp3) is 0.933. The zero-order chi connectivity index (χ0) is 15.3. The van der Waals surface area contributed by atoms with Crippen molar-refractivity contribution in [2.75, 3.05) is 47.4 Å². The topological polar surface area (TPSA) is 44.8 Å². The van der Waals surface area contributed by atoms with Crippen molar-refractivity contribution in [1.82, 2.24) is 15.1 Å². The molecule has 0 aromatic carbocycles. The van der Waals surface area contributed by atoms with Crippen molar-refractivity contribution in [2.24, 2.45) is 5.92 Å². The summed E-state index contributed by atoms with van der Waals surface area (Å²) in [5.74, 6) is 0.507. The third-order valence-electron chi connectivity index (χ3n) is 3.89. The van der Waals surface area contributed by atoms with E-state index in [-0.39, 0.29) is 12.0 Å². The summed E-state index contributed by atoms with van der Waals surface area (Å²) < 4.78 is 4.97. The SMILES string of the molecule is COC(=O)C(C)(CN(C)CC1CCN(C)C1)NC(C)C. The molecule has 0 radical (unpaired) electrons. The highest BCUT2D eigenvalue weighted by molar-refractivity contribution is 5.80. The number of rotatable bonds is 7. The summed E-state index contributed by atoms with van der Waals surface area (Å²) in [6.07, 6.45) is 1.24. The number of methoxy groups -OCH3 is 1. The van der Waals surface area contributed by atoms with Crippen LogP contribution in [-0.4, -0.2) is 74.7 Å². The number of likely N-dealkylation sites (N-methyl/N-ethyl adjacent to an activating group) is 1. The molecule has 1 N–H and O–H groups in total. The molecule has 1 aliphatic heterocycles. The van der Waals surface area contributed by atoms with Gasteiger partial charge in [0.1, 0.15) is 5.54 Å². The fourth-order valence-corrected chi connectivity index (χ4v) is 3.25. The van der Waals surface area contributed by atoms with Crippen molar-refractivity contribution in [3.8, 4) is 0 Å². The Kier molecular flexibility index (Phi) is 6.43. The predicted octanol–water partition coefficient (Wildman–Crippen LogP) is 0.800. The van der Waals surface area contributed by atoms with E-state index in [0.29, 0.717) is 12.5 Å². The number of ether oxygens (including phenoxy) is 1. The zero-order valence-electron chi connectivity index (χ0n) is 13.9. The first-order valence-electron chi connectivity index (χ1n) is 7.50. The van der Waals surface area contributed by atoms with Crippen LogP contribution >= 0.6 is 0 Å². The largest absolute Gasteiger partial charge is 0.468 e. The number of hydrogen-bond acceptors (Lipinski definition) is 5. The predicted molar refractivity (Wildman–Crippen MR) is 81.8 cm³/mol. The Morgan fingerprint density at radius 1 is 1.55 bits per heavy atom. The van der Waals surface area contributed by atoms with E-state index in [2.05, 4.69) is 29.2 Å². The molecule has 0 bridgehead atoms. The van der Waals surface area contributed by atoms with E-state index in [1.807, 2.05) is 20.8 Å². The summed E-state index contributed by atoms with van der Waals surface area (Å²) in [6.45, 7) is 10.0. The van der Waals surface area contributed by atoms with Crippen LogP contribution in [-0.2, 0) is 9.53 Å². The van der Waals surface area contributed by atoms with Gasteiger partial charge in [-0.25, -0.2) is 0 Å². The smallest absolute Gasteiger partial charge is 0.327 e. The van der Waals surface area contributed by atoms with Crippen molar-refractivity contribution in [3.63, 3.8) is 0 Å². The Balaban J connectivity index is 2.57. The number of esters is 1. The van der Waals surface area contributed by atoms with E-state index in [1.165, 1.54) is 20.1 Å². The van der Waals surface area contributed by atoms with Gasteiger partial charge in [-0.3, -0.25) is 10.1 Å². The van der Waals surface area contributed by atoms with Gasteiger partial charge in [0, 0.05) is 25.7 Å². The van der Waals surface area contributed by atoms with Crippen LogP contribution in [0.4, 0.5) is 0 Å². The van der Waals surface area contributed by atoms with Gasteiger partial charge in [0.2, 0.25) is 0 Å². The first kappa shape index (κ1) is 17.4. The number of carbonyl (C=O) groups is 1. The molecule has 2 unspecified atom stereocenters. The van der Waals surface area contributed by atoms with E-state index < -0.39 is 5.54 Å². The summed E-state index contributed by atoms with van der Waals surface area (Å²) in [4.78, 5) is 16.7. The minimum Gasteiger partial charge on any atom is -0.468 e. The lowest BCUT2D eigenvalue weighted by Gasteiger charge is -2.34. The molecule has 2 atom stereocenters. The molecule has 0 saturated carbocycles. The monoisotopic (exact) mass is 285 g/mol. The maximum Gasteiger partial charge on any atom is 0.327 e. The van der Waals surface area contributed by atoms with Crippen LogP contribution in [0.5, 0.6) is 0 Å². The second-order valence-corrected chi connectivity index (χ2v) is 6.74. The minimum absolute atomic E-state index is 0.193. The minimum atomic E-state index is -0.651. The molecule has 1 fully saturated rings.